The molecular weight excluding hydrogens is 376 g/mol. The Bertz CT molecular complexity index is 865. The highest BCUT2D eigenvalue weighted by molar-refractivity contribution is 5.83. The number of rotatable bonds is 9. The summed E-state index contributed by atoms with van der Waals surface area (Å²) >= 11 is 0. The lowest BCUT2D eigenvalue weighted by molar-refractivity contribution is -0.165. The van der Waals surface area contributed by atoms with Crippen molar-refractivity contribution in [1.29, 1.82) is 0 Å². The summed E-state index contributed by atoms with van der Waals surface area (Å²) in [7, 11) is 0. The predicted molar refractivity (Wildman–Crippen MR) is 120 cm³/mol. The number of carbonyl (C=O) groups excluding carboxylic acids is 1. The van der Waals surface area contributed by atoms with Crippen molar-refractivity contribution < 1.29 is 19.4 Å². The van der Waals surface area contributed by atoms with Crippen molar-refractivity contribution in [3.8, 4) is 0 Å². The molecule has 2 rings (SSSR count). The molecule has 0 amide bonds. The number of aliphatic carboxylic acids is 1. The van der Waals surface area contributed by atoms with Gasteiger partial charge in [-0.1, -0.05) is 70.2 Å². The molecule has 0 saturated carbocycles. The van der Waals surface area contributed by atoms with Crippen LogP contribution in [0, 0.1) is 18.8 Å². The van der Waals surface area contributed by atoms with Crippen LogP contribution in [0.2, 0.25) is 0 Å². The smallest absolute Gasteiger partial charge is 0.349 e. The van der Waals surface area contributed by atoms with Crippen LogP contribution >= 0.6 is 0 Å². The summed E-state index contributed by atoms with van der Waals surface area (Å²) < 4.78 is 5.51. The van der Waals surface area contributed by atoms with Crippen LogP contribution in [0.4, 0.5) is 0 Å². The van der Waals surface area contributed by atoms with Gasteiger partial charge in [0.2, 0.25) is 6.10 Å². The van der Waals surface area contributed by atoms with E-state index in [-0.39, 0.29) is 0 Å². The molecule has 4 nitrogen and oxygen atoms in total. The third-order valence-corrected chi connectivity index (χ3v) is 5.21. The van der Waals surface area contributed by atoms with Crippen LogP contribution in [0.25, 0.3) is 0 Å². The minimum absolute atomic E-state index is 0.449. The number of esters is 1. The highest BCUT2D eigenvalue weighted by Gasteiger charge is 2.29. The van der Waals surface area contributed by atoms with Gasteiger partial charge < -0.3 is 9.84 Å². The Hall–Kier alpha value is -2.62. The molecule has 1 N–H and O–H groups in total. The maximum absolute atomic E-state index is 12.8. The molecule has 0 aliphatic rings. The van der Waals surface area contributed by atoms with Crippen LogP contribution < -0.4 is 0 Å². The number of carboxylic acids is 1. The third kappa shape index (κ3) is 6.45. The minimum atomic E-state index is -1.31. The molecule has 0 radical (unpaired) electrons. The Morgan fingerprint density at radius 1 is 0.867 bits per heavy atom. The van der Waals surface area contributed by atoms with Crippen molar-refractivity contribution in [2.24, 2.45) is 11.8 Å². The van der Waals surface area contributed by atoms with Gasteiger partial charge >= 0.3 is 11.9 Å². The summed E-state index contributed by atoms with van der Waals surface area (Å²) in [6.45, 7) is 12.1. The average Bonchev–Trinajstić information content (AvgIpc) is 2.66. The van der Waals surface area contributed by atoms with Gasteiger partial charge in [-0.15, -0.1) is 0 Å². The first kappa shape index (κ1) is 23.7. The number of hydrogen-bond donors (Lipinski definition) is 1. The number of carboxylic acid groups (broad SMARTS) is 1. The van der Waals surface area contributed by atoms with Gasteiger partial charge in [-0.3, -0.25) is 4.79 Å². The number of aryl methyl sites for hydroxylation is 1. The zero-order valence-corrected chi connectivity index (χ0v) is 18.9. The van der Waals surface area contributed by atoms with Gasteiger partial charge in [0.1, 0.15) is 0 Å². The largest absolute Gasteiger partial charge is 0.478 e. The number of ether oxygens (including phenoxy) is 1. The van der Waals surface area contributed by atoms with Gasteiger partial charge in [0, 0.05) is 5.56 Å². The fourth-order valence-corrected chi connectivity index (χ4v) is 3.59. The zero-order valence-electron chi connectivity index (χ0n) is 18.9. The zero-order chi connectivity index (χ0) is 22.4. The van der Waals surface area contributed by atoms with E-state index in [0.717, 1.165) is 29.5 Å². The number of carbonyl (C=O) groups is 2. The van der Waals surface area contributed by atoms with Crippen LogP contribution in [-0.2, 0) is 27.2 Å². The van der Waals surface area contributed by atoms with Gasteiger partial charge in [0.25, 0.3) is 0 Å². The molecule has 30 heavy (non-hydrogen) atoms. The molecule has 2 atom stereocenters. The quantitative estimate of drug-likeness (QED) is 0.526. The summed E-state index contributed by atoms with van der Waals surface area (Å²) in [5.74, 6) is -1.23. The van der Waals surface area contributed by atoms with E-state index >= 15 is 0 Å². The fourth-order valence-electron chi connectivity index (χ4n) is 3.59. The molecule has 0 saturated heterocycles. The molecule has 0 aliphatic heterocycles. The average molecular weight is 411 g/mol. The van der Waals surface area contributed by atoms with Crippen molar-refractivity contribution in [3.63, 3.8) is 0 Å². The molecule has 162 valence electrons. The Morgan fingerprint density at radius 2 is 1.40 bits per heavy atom. The van der Waals surface area contributed by atoms with Gasteiger partial charge in [0.15, 0.2) is 0 Å². The van der Waals surface area contributed by atoms with E-state index < -0.39 is 24.0 Å². The van der Waals surface area contributed by atoms with E-state index in [1.807, 2.05) is 49.4 Å². The Kier molecular flexibility index (Phi) is 8.22. The molecule has 0 bridgehead atoms. The van der Waals surface area contributed by atoms with E-state index in [4.69, 9.17) is 4.74 Å². The van der Waals surface area contributed by atoms with Gasteiger partial charge in [-0.25, -0.2) is 4.79 Å². The Balaban J connectivity index is 2.20. The number of hydrogen-bond acceptors (Lipinski definition) is 3. The topological polar surface area (TPSA) is 63.6 Å². The van der Waals surface area contributed by atoms with Gasteiger partial charge in [-0.2, -0.15) is 0 Å². The first-order valence-corrected chi connectivity index (χ1v) is 10.7. The highest BCUT2D eigenvalue weighted by Crippen LogP contribution is 2.27. The summed E-state index contributed by atoms with van der Waals surface area (Å²) in [6.07, 6.45) is 0.506. The van der Waals surface area contributed by atoms with Crippen LogP contribution in [0.15, 0.2) is 42.5 Å². The molecule has 2 aromatic carbocycles. The lowest BCUT2D eigenvalue weighted by Crippen LogP contribution is -2.23. The van der Waals surface area contributed by atoms with Crippen molar-refractivity contribution >= 4 is 11.9 Å². The Labute approximate surface area is 180 Å². The first-order chi connectivity index (χ1) is 14.1. The minimum Gasteiger partial charge on any atom is -0.478 e. The summed E-state index contributed by atoms with van der Waals surface area (Å²) in [4.78, 5) is 24.7. The number of benzene rings is 2. The van der Waals surface area contributed by atoms with Crippen molar-refractivity contribution in [2.45, 2.75) is 66.4 Å². The Morgan fingerprint density at radius 3 is 1.93 bits per heavy atom. The molecule has 0 heterocycles. The molecule has 2 unspecified atom stereocenters. The maximum Gasteiger partial charge on any atom is 0.349 e. The van der Waals surface area contributed by atoms with Crippen LogP contribution in [0.5, 0.6) is 0 Å². The maximum atomic E-state index is 12.8. The second kappa shape index (κ2) is 10.4. The van der Waals surface area contributed by atoms with Crippen LogP contribution in [-0.4, -0.2) is 17.0 Å². The van der Waals surface area contributed by atoms with Gasteiger partial charge in [0.05, 0.1) is 5.92 Å². The molecule has 0 aliphatic carbocycles. The monoisotopic (exact) mass is 410 g/mol. The highest BCUT2D eigenvalue weighted by atomic mass is 16.6. The molecule has 0 fully saturated rings. The van der Waals surface area contributed by atoms with Crippen LogP contribution in [0.1, 0.15) is 74.5 Å². The first-order valence-electron chi connectivity index (χ1n) is 10.7. The normalized spacial score (nSPS) is 13.3. The fraction of sp³-hybridized carbons (Fsp3) is 0.462. The molecule has 0 aromatic heterocycles. The van der Waals surface area contributed by atoms with E-state index in [2.05, 4.69) is 27.7 Å². The van der Waals surface area contributed by atoms with Crippen molar-refractivity contribution in [1.82, 2.24) is 0 Å². The van der Waals surface area contributed by atoms with E-state index in [9.17, 15) is 14.7 Å². The van der Waals surface area contributed by atoms with E-state index in [0.29, 0.717) is 17.4 Å². The molecular formula is C26H34O4. The standard InChI is InChI=1S/C26H34O4/c1-16(2)13-20-9-11-22(12-10-20)19(6)26(29)30-24(25(27)28)23-15-21(14-17(3)4)8-7-18(23)5/h7-12,15-17,19,24H,13-14H2,1-6H3,(H,27,28). The molecule has 0 spiro atoms. The lowest BCUT2D eigenvalue weighted by Gasteiger charge is -2.20. The second-order valence-electron chi connectivity index (χ2n) is 9.01. The summed E-state index contributed by atoms with van der Waals surface area (Å²) in [5.41, 5.74) is 4.42. The van der Waals surface area contributed by atoms with E-state index in [1.54, 1.807) is 6.92 Å². The van der Waals surface area contributed by atoms with Crippen LogP contribution in [0.3, 0.4) is 0 Å². The van der Waals surface area contributed by atoms with Crippen molar-refractivity contribution in [3.05, 3.63) is 70.3 Å². The SMILES string of the molecule is Cc1ccc(CC(C)C)cc1C(OC(=O)C(C)c1ccc(CC(C)C)cc1)C(=O)O. The lowest BCUT2D eigenvalue weighted by atomic mass is 9.95. The van der Waals surface area contributed by atoms with Gasteiger partial charge in [-0.05, 0) is 60.8 Å². The summed E-state index contributed by atoms with van der Waals surface area (Å²) in [6, 6.07) is 13.6. The third-order valence-electron chi connectivity index (χ3n) is 5.21. The predicted octanol–water partition coefficient (Wildman–Crippen LogP) is 5.86. The second-order valence-corrected chi connectivity index (χ2v) is 9.01. The van der Waals surface area contributed by atoms with Crippen molar-refractivity contribution in [2.75, 3.05) is 0 Å². The molecule has 4 heteroatoms. The van der Waals surface area contributed by atoms with E-state index in [1.165, 1.54) is 5.56 Å². The summed E-state index contributed by atoms with van der Waals surface area (Å²) in [5, 5.41) is 9.77. The molecule has 2 aromatic rings.